The quantitative estimate of drug-likeness (QED) is 0.732. The standard InChI is InChI=1S/C21H24BrNO3/c1-23(15-16-5-3-4-6-19(16)25-2)20(24)21(11-13-26-14-12-21)17-7-9-18(22)10-8-17/h3-10H,11-15H2,1-2H3. The Morgan fingerprint density at radius 1 is 1.15 bits per heavy atom. The van der Waals surface area contributed by atoms with Gasteiger partial charge in [0.2, 0.25) is 5.91 Å². The average molecular weight is 418 g/mol. The van der Waals surface area contributed by atoms with Gasteiger partial charge in [-0.2, -0.15) is 0 Å². The van der Waals surface area contributed by atoms with Crippen LogP contribution in [0.2, 0.25) is 0 Å². The molecule has 3 rings (SSSR count). The van der Waals surface area contributed by atoms with Crippen molar-refractivity contribution in [3.05, 3.63) is 64.1 Å². The number of benzene rings is 2. The maximum Gasteiger partial charge on any atom is 0.233 e. The van der Waals surface area contributed by atoms with E-state index in [9.17, 15) is 4.79 Å². The van der Waals surface area contributed by atoms with Gasteiger partial charge in [0.1, 0.15) is 5.75 Å². The highest BCUT2D eigenvalue weighted by Gasteiger charge is 2.43. The maximum absolute atomic E-state index is 13.5. The molecule has 0 atom stereocenters. The lowest BCUT2D eigenvalue weighted by Gasteiger charge is -2.39. The van der Waals surface area contributed by atoms with E-state index >= 15 is 0 Å². The number of nitrogens with zero attached hydrogens (tertiary/aromatic N) is 1. The Hall–Kier alpha value is -1.85. The first-order valence-corrected chi connectivity index (χ1v) is 9.57. The van der Waals surface area contributed by atoms with Crippen molar-refractivity contribution in [1.82, 2.24) is 4.90 Å². The van der Waals surface area contributed by atoms with Crippen LogP contribution in [0, 0.1) is 0 Å². The molecule has 138 valence electrons. The molecule has 0 bridgehead atoms. The van der Waals surface area contributed by atoms with Gasteiger partial charge in [-0.05, 0) is 36.6 Å². The van der Waals surface area contributed by atoms with Crippen LogP contribution in [0.1, 0.15) is 24.0 Å². The lowest BCUT2D eigenvalue weighted by Crippen LogP contribution is -2.48. The summed E-state index contributed by atoms with van der Waals surface area (Å²) >= 11 is 3.48. The van der Waals surface area contributed by atoms with Gasteiger partial charge in [0, 0.05) is 36.8 Å². The second-order valence-corrected chi connectivity index (χ2v) is 7.59. The molecule has 26 heavy (non-hydrogen) atoms. The topological polar surface area (TPSA) is 38.8 Å². The predicted octanol–water partition coefficient (Wildman–Crippen LogP) is 4.16. The first kappa shape index (κ1) is 18.9. The molecule has 1 aliphatic heterocycles. The smallest absolute Gasteiger partial charge is 0.233 e. The Balaban J connectivity index is 1.89. The second-order valence-electron chi connectivity index (χ2n) is 6.67. The van der Waals surface area contributed by atoms with E-state index in [-0.39, 0.29) is 5.91 Å². The third-order valence-electron chi connectivity index (χ3n) is 5.10. The molecule has 0 spiro atoms. The minimum atomic E-state index is -0.532. The monoisotopic (exact) mass is 417 g/mol. The highest BCUT2D eigenvalue weighted by atomic mass is 79.9. The molecule has 2 aromatic rings. The summed E-state index contributed by atoms with van der Waals surface area (Å²) in [5, 5.41) is 0. The van der Waals surface area contributed by atoms with Crippen molar-refractivity contribution in [3.8, 4) is 5.75 Å². The number of methoxy groups -OCH3 is 1. The van der Waals surface area contributed by atoms with E-state index < -0.39 is 5.41 Å². The molecule has 1 aliphatic rings. The van der Waals surface area contributed by atoms with Crippen molar-refractivity contribution in [3.63, 3.8) is 0 Å². The van der Waals surface area contributed by atoms with Crippen molar-refractivity contribution < 1.29 is 14.3 Å². The van der Waals surface area contributed by atoms with E-state index in [4.69, 9.17) is 9.47 Å². The Kier molecular flexibility index (Phi) is 5.99. The average Bonchev–Trinajstić information content (AvgIpc) is 2.68. The van der Waals surface area contributed by atoms with E-state index in [0.717, 1.165) is 21.3 Å². The summed E-state index contributed by atoms with van der Waals surface area (Å²) in [6.07, 6.45) is 1.40. The molecule has 0 unspecified atom stereocenters. The number of carbonyl (C=O) groups excluding carboxylic acids is 1. The van der Waals surface area contributed by atoms with Crippen LogP contribution in [0.15, 0.2) is 53.0 Å². The van der Waals surface area contributed by atoms with E-state index in [0.29, 0.717) is 32.6 Å². The molecule has 0 saturated carbocycles. The summed E-state index contributed by atoms with van der Waals surface area (Å²) < 4.78 is 12.0. The first-order chi connectivity index (χ1) is 12.6. The van der Waals surface area contributed by atoms with Crippen molar-refractivity contribution in [2.24, 2.45) is 0 Å². The summed E-state index contributed by atoms with van der Waals surface area (Å²) in [4.78, 5) is 15.3. The summed E-state index contributed by atoms with van der Waals surface area (Å²) in [5.41, 5.74) is 1.53. The molecule has 1 fully saturated rings. The van der Waals surface area contributed by atoms with E-state index in [1.165, 1.54) is 0 Å². The van der Waals surface area contributed by atoms with Crippen LogP contribution in [0.4, 0.5) is 0 Å². The van der Waals surface area contributed by atoms with Crippen LogP contribution >= 0.6 is 15.9 Å². The summed E-state index contributed by atoms with van der Waals surface area (Å²) in [6, 6.07) is 15.9. The number of hydrogen-bond donors (Lipinski definition) is 0. The van der Waals surface area contributed by atoms with Crippen LogP contribution in [-0.4, -0.2) is 38.2 Å². The van der Waals surface area contributed by atoms with E-state index in [2.05, 4.69) is 15.9 Å². The van der Waals surface area contributed by atoms with Crippen LogP contribution in [0.5, 0.6) is 5.75 Å². The Morgan fingerprint density at radius 3 is 2.46 bits per heavy atom. The molecule has 1 saturated heterocycles. The van der Waals surface area contributed by atoms with Crippen LogP contribution in [0.3, 0.4) is 0 Å². The fourth-order valence-electron chi connectivity index (χ4n) is 3.64. The third kappa shape index (κ3) is 3.79. The highest BCUT2D eigenvalue weighted by Crippen LogP contribution is 2.37. The van der Waals surface area contributed by atoms with Gasteiger partial charge in [-0.15, -0.1) is 0 Å². The van der Waals surface area contributed by atoms with Gasteiger partial charge >= 0.3 is 0 Å². The van der Waals surface area contributed by atoms with Crippen LogP contribution in [0.25, 0.3) is 0 Å². The maximum atomic E-state index is 13.5. The highest BCUT2D eigenvalue weighted by molar-refractivity contribution is 9.10. The molecule has 0 aliphatic carbocycles. The summed E-state index contributed by atoms with van der Waals surface area (Å²) in [6.45, 7) is 1.72. The van der Waals surface area contributed by atoms with Gasteiger partial charge in [0.15, 0.2) is 0 Å². The Morgan fingerprint density at radius 2 is 1.81 bits per heavy atom. The Labute approximate surface area is 163 Å². The third-order valence-corrected chi connectivity index (χ3v) is 5.63. The fourth-order valence-corrected chi connectivity index (χ4v) is 3.91. The molecule has 2 aromatic carbocycles. The normalized spacial score (nSPS) is 16.1. The zero-order valence-electron chi connectivity index (χ0n) is 15.2. The molecule has 1 heterocycles. The first-order valence-electron chi connectivity index (χ1n) is 8.78. The van der Waals surface area contributed by atoms with Gasteiger partial charge in [-0.25, -0.2) is 0 Å². The van der Waals surface area contributed by atoms with Gasteiger partial charge in [0.05, 0.1) is 12.5 Å². The lowest BCUT2D eigenvalue weighted by atomic mass is 9.73. The van der Waals surface area contributed by atoms with Gasteiger partial charge in [0.25, 0.3) is 0 Å². The summed E-state index contributed by atoms with van der Waals surface area (Å²) in [5.74, 6) is 0.936. The molecule has 4 nitrogen and oxygen atoms in total. The fraction of sp³-hybridized carbons (Fsp3) is 0.381. The number of halogens is 1. The molecule has 0 N–H and O–H groups in total. The van der Waals surface area contributed by atoms with Gasteiger partial charge < -0.3 is 14.4 Å². The number of para-hydroxylation sites is 1. The SMILES string of the molecule is COc1ccccc1CN(C)C(=O)C1(c2ccc(Br)cc2)CCOCC1. The minimum absolute atomic E-state index is 0.133. The number of carbonyl (C=O) groups is 1. The molecular weight excluding hydrogens is 394 g/mol. The molecule has 1 amide bonds. The van der Waals surface area contributed by atoms with Gasteiger partial charge in [-0.1, -0.05) is 46.3 Å². The molecular formula is C21H24BrNO3. The van der Waals surface area contributed by atoms with Crippen molar-refractivity contribution in [2.75, 3.05) is 27.4 Å². The number of likely N-dealkylation sites (N-methyl/N-ethyl adjacent to an activating group) is 1. The zero-order chi connectivity index (χ0) is 18.6. The number of amides is 1. The summed E-state index contributed by atoms with van der Waals surface area (Å²) in [7, 11) is 3.52. The van der Waals surface area contributed by atoms with E-state index in [1.54, 1.807) is 7.11 Å². The van der Waals surface area contributed by atoms with Crippen molar-refractivity contribution in [1.29, 1.82) is 0 Å². The largest absolute Gasteiger partial charge is 0.496 e. The molecule has 0 radical (unpaired) electrons. The number of ether oxygens (including phenoxy) is 2. The molecule has 0 aromatic heterocycles. The van der Waals surface area contributed by atoms with Crippen molar-refractivity contribution >= 4 is 21.8 Å². The number of rotatable bonds is 5. The minimum Gasteiger partial charge on any atom is -0.496 e. The van der Waals surface area contributed by atoms with E-state index in [1.807, 2.05) is 60.5 Å². The van der Waals surface area contributed by atoms with Crippen LogP contribution < -0.4 is 4.74 Å². The van der Waals surface area contributed by atoms with Crippen molar-refractivity contribution in [2.45, 2.75) is 24.8 Å². The molecule has 5 heteroatoms. The number of hydrogen-bond acceptors (Lipinski definition) is 3. The predicted molar refractivity (Wildman–Crippen MR) is 105 cm³/mol. The Bertz CT molecular complexity index is 754. The lowest BCUT2D eigenvalue weighted by molar-refractivity contribution is -0.140. The van der Waals surface area contributed by atoms with Gasteiger partial charge in [-0.3, -0.25) is 4.79 Å². The zero-order valence-corrected chi connectivity index (χ0v) is 16.8. The van der Waals surface area contributed by atoms with Crippen LogP contribution in [-0.2, 0) is 21.5 Å². The second kappa shape index (κ2) is 8.23.